The highest BCUT2D eigenvalue weighted by molar-refractivity contribution is 6.06. The lowest BCUT2D eigenvalue weighted by Gasteiger charge is -2.08. The molecule has 0 aliphatic rings. The molecule has 0 radical (unpaired) electrons. The monoisotopic (exact) mass is 446 g/mol. The highest BCUT2D eigenvalue weighted by atomic mass is 16.1. The number of amides is 1. The molecule has 1 amide bonds. The summed E-state index contributed by atoms with van der Waals surface area (Å²) in [4.78, 5) is 20.3. The number of carbonyl (C=O) groups is 1. The zero-order valence-corrected chi connectivity index (χ0v) is 17.8. The number of benzene rings is 2. The number of hydrogen-bond acceptors (Lipinski definition) is 6. The quantitative estimate of drug-likeness (QED) is 0.299. The van der Waals surface area contributed by atoms with E-state index in [1.54, 1.807) is 18.5 Å². The van der Waals surface area contributed by atoms with Crippen molar-refractivity contribution in [2.75, 3.05) is 10.6 Å². The molecular formula is C25H18N8O. The average Bonchev–Trinajstić information content (AvgIpc) is 3.51. The molecule has 9 heteroatoms. The molecule has 0 unspecified atom stereocenters. The van der Waals surface area contributed by atoms with Crippen LogP contribution in [0.4, 0.5) is 17.1 Å². The number of anilines is 3. The van der Waals surface area contributed by atoms with Crippen LogP contribution in [0.15, 0.2) is 85.5 Å². The van der Waals surface area contributed by atoms with Gasteiger partial charge in [-0.3, -0.25) is 14.9 Å². The number of nitrogens with zero attached hydrogens (tertiary/aromatic N) is 4. The van der Waals surface area contributed by atoms with E-state index in [4.69, 9.17) is 0 Å². The van der Waals surface area contributed by atoms with Crippen LogP contribution in [0.1, 0.15) is 10.5 Å². The number of hydrogen-bond donors (Lipinski definition) is 4. The van der Waals surface area contributed by atoms with Gasteiger partial charge in [-0.05, 0) is 48.5 Å². The first kappa shape index (κ1) is 19.6. The van der Waals surface area contributed by atoms with Crippen LogP contribution >= 0.6 is 0 Å². The number of aromatic nitrogens is 6. The van der Waals surface area contributed by atoms with Crippen molar-refractivity contribution in [1.29, 1.82) is 0 Å². The fourth-order valence-corrected chi connectivity index (χ4v) is 3.83. The van der Waals surface area contributed by atoms with Crippen molar-refractivity contribution >= 4 is 44.8 Å². The number of carbonyl (C=O) groups excluding carboxylic acids is 1. The van der Waals surface area contributed by atoms with Gasteiger partial charge in [-0.1, -0.05) is 12.1 Å². The van der Waals surface area contributed by atoms with E-state index in [1.807, 2.05) is 54.6 Å². The molecule has 4 heterocycles. The Bertz CT molecular complexity index is 1640. The molecule has 164 valence electrons. The average molecular weight is 446 g/mol. The first-order chi connectivity index (χ1) is 16.7. The molecule has 0 saturated heterocycles. The molecule has 4 N–H and O–H groups in total. The van der Waals surface area contributed by atoms with Crippen molar-refractivity contribution in [3.8, 4) is 11.3 Å². The molecule has 6 aromatic rings. The van der Waals surface area contributed by atoms with E-state index in [1.165, 1.54) is 12.4 Å². The van der Waals surface area contributed by atoms with Crippen molar-refractivity contribution in [2.45, 2.75) is 0 Å². The highest BCUT2D eigenvalue weighted by Gasteiger charge is 2.11. The lowest BCUT2D eigenvalue weighted by atomic mass is 10.1. The van der Waals surface area contributed by atoms with Crippen LogP contribution in [0.5, 0.6) is 0 Å². The molecule has 9 nitrogen and oxygen atoms in total. The van der Waals surface area contributed by atoms with Gasteiger partial charge in [0.15, 0.2) is 0 Å². The van der Waals surface area contributed by atoms with E-state index in [2.05, 4.69) is 41.0 Å². The van der Waals surface area contributed by atoms with Gasteiger partial charge >= 0.3 is 0 Å². The van der Waals surface area contributed by atoms with Crippen LogP contribution in [-0.2, 0) is 0 Å². The Labute approximate surface area is 193 Å². The first-order valence-electron chi connectivity index (χ1n) is 10.6. The van der Waals surface area contributed by atoms with Gasteiger partial charge < -0.3 is 15.6 Å². The molecule has 0 aliphatic carbocycles. The number of fused-ring (bicyclic) bond motifs is 2. The second-order valence-electron chi connectivity index (χ2n) is 7.80. The fraction of sp³-hybridized carbons (Fsp3) is 0. The van der Waals surface area contributed by atoms with Gasteiger partial charge in [-0.2, -0.15) is 15.3 Å². The molecule has 0 saturated carbocycles. The van der Waals surface area contributed by atoms with Crippen molar-refractivity contribution < 1.29 is 4.79 Å². The van der Waals surface area contributed by atoms with E-state index in [0.29, 0.717) is 11.4 Å². The second-order valence-corrected chi connectivity index (χ2v) is 7.80. The third-order valence-electron chi connectivity index (χ3n) is 5.49. The third kappa shape index (κ3) is 3.82. The maximum absolute atomic E-state index is 12.6. The molecule has 0 fully saturated rings. The molecule has 0 aliphatic heterocycles. The maximum Gasteiger partial charge on any atom is 0.272 e. The van der Waals surface area contributed by atoms with Gasteiger partial charge in [0.2, 0.25) is 0 Å². The first-order valence-corrected chi connectivity index (χ1v) is 10.6. The Hall–Kier alpha value is -5.05. The molecular weight excluding hydrogens is 428 g/mol. The van der Waals surface area contributed by atoms with Crippen LogP contribution in [0.3, 0.4) is 0 Å². The number of H-pyrrole nitrogens is 2. The molecule has 2 aromatic carbocycles. The lowest BCUT2D eigenvalue weighted by molar-refractivity contribution is 0.102. The van der Waals surface area contributed by atoms with Gasteiger partial charge in [0.05, 0.1) is 35.5 Å². The van der Waals surface area contributed by atoms with E-state index < -0.39 is 0 Å². The zero-order valence-electron chi connectivity index (χ0n) is 17.8. The van der Waals surface area contributed by atoms with E-state index >= 15 is 0 Å². The maximum atomic E-state index is 12.6. The van der Waals surface area contributed by atoms with Gasteiger partial charge in [-0.15, -0.1) is 0 Å². The topological polar surface area (TPSA) is 124 Å². The third-order valence-corrected chi connectivity index (χ3v) is 5.49. The predicted molar refractivity (Wildman–Crippen MR) is 131 cm³/mol. The zero-order chi connectivity index (χ0) is 22.9. The Morgan fingerprint density at radius 3 is 2.59 bits per heavy atom. The van der Waals surface area contributed by atoms with Crippen molar-refractivity contribution in [1.82, 2.24) is 30.4 Å². The molecule has 0 atom stereocenters. The minimum atomic E-state index is -0.246. The van der Waals surface area contributed by atoms with Crippen LogP contribution < -0.4 is 10.6 Å². The number of nitrogens with one attached hydrogen (secondary N) is 4. The normalized spacial score (nSPS) is 11.1. The Kier molecular flexibility index (Phi) is 4.70. The van der Waals surface area contributed by atoms with Gasteiger partial charge in [0.25, 0.3) is 5.91 Å². The summed E-state index contributed by atoms with van der Waals surface area (Å²) in [6, 6.07) is 19.4. The smallest absolute Gasteiger partial charge is 0.272 e. The standard InChI is InChI=1S/C25H18N8O/c34-25(31-20-6-8-27-28-14-20)24-11-16-2-1-15(10-23(16)32-24)22-12-19(5-7-26-22)30-18-3-4-21-17(9-18)13-29-33-21/h1-14,32H,(H,26,30)(H,29,33)(H,27,31,34). The summed E-state index contributed by atoms with van der Waals surface area (Å²) in [5, 5.41) is 22.7. The summed E-state index contributed by atoms with van der Waals surface area (Å²) in [6.45, 7) is 0. The fourth-order valence-electron chi connectivity index (χ4n) is 3.83. The molecule has 0 bridgehead atoms. The van der Waals surface area contributed by atoms with Crippen molar-refractivity contribution in [3.63, 3.8) is 0 Å². The highest BCUT2D eigenvalue weighted by Crippen LogP contribution is 2.27. The van der Waals surface area contributed by atoms with Crippen LogP contribution in [0, 0.1) is 0 Å². The van der Waals surface area contributed by atoms with E-state index in [9.17, 15) is 4.79 Å². The second kappa shape index (κ2) is 8.14. The van der Waals surface area contributed by atoms with Gasteiger partial charge in [0, 0.05) is 39.4 Å². The molecule has 0 spiro atoms. The van der Waals surface area contributed by atoms with Crippen molar-refractivity contribution in [3.05, 3.63) is 91.1 Å². The molecule has 4 aromatic heterocycles. The molecule has 34 heavy (non-hydrogen) atoms. The van der Waals surface area contributed by atoms with Crippen LogP contribution in [0.25, 0.3) is 33.1 Å². The lowest BCUT2D eigenvalue weighted by Crippen LogP contribution is -2.12. The summed E-state index contributed by atoms with van der Waals surface area (Å²) in [7, 11) is 0. The summed E-state index contributed by atoms with van der Waals surface area (Å²) >= 11 is 0. The number of aromatic amines is 2. The summed E-state index contributed by atoms with van der Waals surface area (Å²) in [5.74, 6) is -0.246. The number of rotatable bonds is 5. The van der Waals surface area contributed by atoms with Crippen LogP contribution in [0.2, 0.25) is 0 Å². The Balaban J connectivity index is 1.25. The molecule has 6 rings (SSSR count). The summed E-state index contributed by atoms with van der Waals surface area (Å²) in [5.41, 5.74) is 6.53. The minimum absolute atomic E-state index is 0.246. The SMILES string of the molecule is O=C(Nc1ccnnc1)c1cc2ccc(-c3cc(Nc4ccc5[nH]ncc5c4)ccn3)cc2[nH]1. The van der Waals surface area contributed by atoms with Gasteiger partial charge in [0.1, 0.15) is 5.69 Å². The van der Waals surface area contributed by atoms with Gasteiger partial charge in [-0.25, -0.2) is 0 Å². The largest absolute Gasteiger partial charge is 0.355 e. The Morgan fingerprint density at radius 1 is 0.765 bits per heavy atom. The van der Waals surface area contributed by atoms with E-state index in [-0.39, 0.29) is 5.91 Å². The van der Waals surface area contributed by atoms with Crippen LogP contribution in [-0.4, -0.2) is 36.3 Å². The predicted octanol–water partition coefficient (Wildman–Crippen LogP) is 4.89. The summed E-state index contributed by atoms with van der Waals surface area (Å²) < 4.78 is 0. The van der Waals surface area contributed by atoms with Crippen molar-refractivity contribution in [2.24, 2.45) is 0 Å². The summed E-state index contributed by atoms with van der Waals surface area (Å²) in [6.07, 6.45) is 6.60. The number of pyridine rings is 1. The minimum Gasteiger partial charge on any atom is -0.355 e. The van der Waals surface area contributed by atoms with E-state index in [0.717, 1.165) is 44.4 Å². The Morgan fingerprint density at radius 2 is 1.68 bits per heavy atom.